The molecular formula is C9H14N2O3. The number of ether oxygens (including phenoxy) is 1. The molecule has 0 aromatic heterocycles. The summed E-state index contributed by atoms with van der Waals surface area (Å²) in [6.45, 7) is 3.51. The highest BCUT2D eigenvalue weighted by Crippen LogP contribution is 2.38. The molecule has 2 fully saturated rings. The Morgan fingerprint density at radius 1 is 1.71 bits per heavy atom. The monoisotopic (exact) mass is 198 g/mol. The van der Waals surface area contributed by atoms with Gasteiger partial charge in [0.05, 0.1) is 13.0 Å². The summed E-state index contributed by atoms with van der Waals surface area (Å²) in [6.07, 6.45) is 0.324. The quantitative estimate of drug-likeness (QED) is 0.560. The molecule has 2 saturated heterocycles. The number of nitrogens with one attached hydrogen (secondary N) is 2. The summed E-state index contributed by atoms with van der Waals surface area (Å²) in [5, 5.41) is 5.82. The van der Waals surface area contributed by atoms with Gasteiger partial charge >= 0.3 is 5.97 Å². The van der Waals surface area contributed by atoms with Crippen molar-refractivity contribution in [3.05, 3.63) is 0 Å². The maximum Gasteiger partial charge on any atom is 0.306 e. The van der Waals surface area contributed by atoms with Crippen molar-refractivity contribution < 1.29 is 14.3 Å². The van der Waals surface area contributed by atoms with Gasteiger partial charge in [-0.2, -0.15) is 0 Å². The van der Waals surface area contributed by atoms with Crippen molar-refractivity contribution in [3.63, 3.8) is 0 Å². The minimum atomic E-state index is -0.153. The number of hydrogen-bond donors (Lipinski definition) is 2. The number of rotatable bonds is 2. The van der Waals surface area contributed by atoms with Crippen LogP contribution in [0, 0.1) is 5.41 Å². The Labute approximate surface area is 82.2 Å². The predicted octanol–water partition coefficient (Wildman–Crippen LogP) is -0.972. The van der Waals surface area contributed by atoms with Gasteiger partial charge in [-0.05, 0) is 0 Å². The molecule has 2 heterocycles. The van der Waals surface area contributed by atoms with E-state index in [9.17, 15) is 9.59 Å². The molecule has 2 N–H and O–H groups in total. The number of carbonyl (C=O) groups is 2. The molecule has 1 spiro atoms. The zero-order valence-electron chi connectivity index (χ0n) is 8.13. The third-order valence-corrected chi connectivity index (χ3v) is 2.94. The van der Waals surface area contributed by atoms with Gasteiger partial charge < -0.3 is 15.4 Å². The average Bonchev–Trinajstić information content (AvgIpc) is 2.38. The minimum absolute atomic E-state index is 0.0560. The highest BCUT2D eigenvalue weighted by atomic mass is 16.6. The minimum Gasteiger partial charge on any atom is -0.460 e. The molecule has 2 aliphatic heterocycles. The molecule has 0 radical (unpaired) electrons. The summed E-state index contributed by atoms with van der Waals surface area (Å²) in [6, 6.07) is 0. The van der Waals surface area contributed by atoms with Crippen molar-refractivity contribution in [2.24, 2.45) is 5.41 Å². The molecule has 1 atom stereocenters. The van der Waals surface area contributed by atoms with Crippen LogP contribution < -0.4 is 10.6 Å². The predicted molar refractivity (Wildman–Crippen MR) is 48.5 cm³/mol. The van der Waals surface area contributed by atoms with Crippen molar-refractivity contribution in [2.45, 2.75) is 19.4 Å². The van der Waals surface area contributed by atoms with Crippen molar-refractivity contribution in [1.82, 2.24) is 10.6 Å². The number of amides is 1. The van der Waals surface area contributed by atoms with Gasteiger partial charge in [0.15, 0.2) is 0 Å². The van der Waals surface area contributed by atoms with Gasteiger partial charge in [0, 0.05) is 25.4 Å². The van der Waals surface area contributed by atoms with Crippen LogP contribution >= 0.6 is 0 Å². The van der Waals surface area contributed by atoms with Crippen molar-refractivity contribution in [2.75, 3.05) is 19.6 Å². The highest BCUT2D eigenvalue weighted by Gasteiger charge is 2.52. The Morgan fingerprint density at radius 3 is 2.93 bits per heavy atom. The normalized spacial score (nSPS) is 28.4. The first-order valence-electron chi connectivity index (χ1n) is 4.77. The molecule has 0 bridgehead atoms. The maximum atomic E-state index is 11.1. The summed E-state index contributed by atoms with van der Waals surface area (Å²) in [5.41, 5.74) is -0.0560. The number of carbonyl (C=O) groups excluding carboxylic acids is 2. The molecule has 2 aliphatic rings. The second kappa shape index (κ2) is 3.24. The molecule has 2 rings (SSSR count). The van der Waals surface area contributed by atoms with Crippen LogP contribution in [-0.2, 0) is 14.3 Å². The zero-order valence-corrected chi connectivity index (χ0v) is 8.13. The first-order valence-corrected chi connectivity index (χ1v) is 4.77. The van der Waals surface area contributed by atoms with E-state index in [1.807, 2.05) is 0 Å². The topological polar surface area (TPSA) is 67.4 Å². The van der Waals surface area contributed by atoms with Gasteiger partial charge in [-0.25, -0.2) is 0 Å². The van der Waals surface area contributed by atoms with Crippen LogP contribution in [-0.4, -0.2) is 37.6 Å². The number of esters is 1. The number of cyclic esters (lactones) is 1. The Kier molecular flexibility index (Phi) is 2.19. The lowest BCUT2D eigenvalue weighted by Gasteiger charge is -2.41. The number of hydrogen-bond acceptors (Lipinski definition) is 4. The lowest BCUT2D eigenvalue weighted by atomic mass is 9.75. The van der Waals surface area contributed by atoms with Crippen LogP contribution in [0.5, 0.6) is 0 Å². The van der Waals surface area contributed by atoms with E-state index in [0.717, 1.165) is 13.1 Å². The van der Waals surface area contributed by atoms with Crippen molar-refractivity contribution in [1.29, 1.82) is 0 Å². The largest absolute Gasteiger partial charge is 0.460 e. The molecule has 0 aromatic carbocycles. The Hall–Kier alpha value is -1.10. The van der Waals surface area contributed by atoms with Crippen LogP contribution in [0.25, 0.3) is 0 Å². The van der Waals surface area contributed by atoms with E-state index in [1.165, 1.54) is 6.92 Å². The SMILES string of the molecule is CC(=O)NCC1OC(=O)CC12CNC2. The third kappa shape index (κ3) is 1.48. The summed E-state index contributed by atoms with van der Waals surface area (Å²) >= 11 is 0. The Morgan fingerprint density at radius 2 is 2.43 bits per heavy atom. The maximum absolute atomic E-state index is 11.1. The van der Waals surface area contributed by atoms with Gasteiger partial charge in [-0.3, -0.25) is 9.59 Å². The molecule has 1 amide bonds. The lowest BCUT2D eigenvalue weighted by Crippen LogP contribution is -2.59. The smallest absolute Gasteiger partial charge is 0.306 e. The molecule has 5 heteroatoms. The molecule has 0 saturated carbocycles. The van der Waals surface area contributed by atoms with Crippen LogP contribution in [0.1, 0.15) is 13.3 Å². The second-order valence-electron chi connectivity index (χ2n) is 4.06. The van der Waals surface area contributed by atoms with E-state index in [4.69, 9.17) is 4.74 Å². The molecular weight excluding hydrogens is 184 g/mol. The van der Waals surface area contributed by atoms with E-state index in [2.05, 4.69) is 10.6 Å². The summed E-state index contributed by atoms with van der Waals surface area (Å²) < 4.78 is 5.18. The fourth-order valence-electron chi connectivity index (χ4n) is 2.02. The molecule has 0 aromatic rings. The standard InChI is InChI=1S/C9H14N2O3/c1-6(12)11-3-7-9(4-10-5-9)2-8(13)14-7/h7,10H,2-5H2,1H3,(H,11,12). The molecule has 14 heavy (non-hydrogen) atoms. The second-order valence-corrected chi connectivity index (χ2v) is 4.06. The van der Waals surface area contributed by atoms with Crippen molar-refractivity contribution in [3.8, 4) is 0 Å². The van der Waals surface area contributed by atoms with Crippen molar-refractivity contribution >= 4 is 11.9 Å². The summed E-state index contributed by atoms with van der Waals surface area (Å²) in [7, 11) is 0. The Balaban J connectivity index is 1.96. The third-order valence-electron chi connectivity index (χ3n) is 2.94. The van der Waals surface area contributed by atoms with Gasteiger partial charge in [-0.1, -0.05) is 0 Å². The molecule has 1 unspecified atom stereocenters. The van der Waals surface area contributed by atoms with Gasteiger partial charge in [0.1, 0.15) is 6.10 Å². The Bertz CT molecular complexity index is 273. The molecule has 78 valence electrons. The molecule has 0 aliphatic carbocycles. The van der Waals surface area contributed by atoms with Crippen LogP contribution in [0.3, 0.4) is 0 Å². The van der Waals surface area contributed by atoms with Gasteiger partial charge in [0.2, 0.25) is 5.91 Å². The van der Waals surface area contributed by atoms with E-state index >= 15 is 0 Å². The summed E-state index contributed by atoms with van der Waals surface area (Å²) in [4.78, 5) is 21.9. The van der Waals surface area contributed by atoms with E-state index in [0.29, 0.717) is 13.0 Å². The highest BCUT2D eigenvalue weighted by molar-refractivity contribution is 5.75. The van der Waals surface area contributed by atoms with Crippen LogP contribution in [0.4, 0.5) is 0 Å². The zero-order chi connectivity index (χ0) is 10.2. The summed E-state index contributed by atoms with van der Waals surface area (Å²) in [5.74, 6) is -0.239. The lowest BCUT2D eigenvalue weighted by molar-refractivity contribution is -0.142. The van der Waals surface area contributed by atoms with E-state index in [-0.39, 0.29) is 23.4 Å². The average molecular weight is 198 g/mol. The molecule has 5 nitrogen and oxygen atoms in total. The fraction of sp³-hybridized carbons (Fsp3) is 0.778. The first kappa shape index (κ1) is 9.45. The van der Waals surface area contributed by atoms with E-state index in [1.54, 1.807) is 0 Å². The van der Waals surface area contributed by atoms with E-state index < -0.39 is 0 Å². The van der Waals surface area contributed by atoms with Crippen LogP contribution in [0.2, 0.25) is 0 Å². The first-order chi connectivity index (χ1) is 6.62. The van der Waals surface area contributed by atoms with Crippen LogP contribution in [0.15, 0.2) is 0 Å². The van der Waals surface area contributed by atoms with Gasteiger partial charge in [-0.15, -0.1) is 0 Å². The van der Waals surface area contributed by atoms with Gasteiger partial charge in [0.25, 0.3) is 0 Å². The fourth-order valence-corrected chi connectivity index (χ4v) is 2.02.